The van der Waals surface area contributed by atoms with E-state index in [1.807, 2.05) is 6.07 Å². The average molecular weight is 148 g/mol. The summed E-state index contributed by atoms with van der Waals surface area (Å²) in [6.45, 7) is 3.54. The molecule has 0 spiro atoms. The number of nitrogens with one attached hydrogen (secondary N) is 1. The van der Waals surface area contributed by atoms with Crippen molar-refractivity contribution in [3.63, 3.8) is 0 Å². The Labute approximate surface area is 64.3 Å². The third kappa shape index (κ3) is 1.30. The van der Waals surface area contributed by atoms with Gasteiger partial charge in [0.05, 0.1) is 0 Å². The first-order valence-electron chi connectivity index (χ1n) is 3.26. The van der Waals surface area contributed by atoms with Crippen LogP contribution < -0.4 is 5.56 Å². The van der Waals surface area contributed by atoms with Gasteiger partial charge in [0, 0.05) is 5.69 Å². The number of aromatic nitrogens is 1. The maximum atomic E-state index is 11.0. The van der Waals surface area contributed by atoms with E-state index in [0.29, 0.717) is 0 Å². The number of pyridine rings is 1. The second-order valence-corrected chi connectivity index (χ2v) is 2.45. The van der Waals surface area contributed by atoms with Gasteiger partial charge in [0.2, 0.25) is 0 Å². The molecule has 0 saturated heterocycles. The minimum Gasteiger partial charge on any atom is -0.325 e. The molecular weight excluding hydrogens is 140 g/mol. The summed E-state index contributed by atoms with van der Waals surface area (Å²) in [6, 6.07) is 3.62. The van der Waals surface area contributed by atoms with Gasteiger partial charge in [0.25, 0.3) is 5.56 Å². The highest BCUT2D eigenvalue weighted by atomic mass is 16.1. The highest BCUT2D eigenvalue weighted by molar-refractivity contribution is 5.35. The number of nitrogens with zero attached hydrogens (tertiary/aromatic N) is 1. The van der Waals surface area contributed by atoms with Gasteiger partial charge in [-0.15, -0.1) is 0 Å². The van der Waals surface area contributed by atoms with Gasteiger partial charge in [0.15, 0.2) is 0 Å². The van der Waals surface area contributed by atoms with E-state index in [1.54, 1.807) is 19.9 Å². The Balaban J connectivity index is 3.53. The number of nitriles is 1. The van der Waals surface area contributed by atoms with E-state index in [9.17, 15) is 4.79 Å². The molecule has 0 aromatic carbocycles. The van der Waals surface area contributed by atoms with Crippen LogP contribution in [0.5, 0.6) is 0 Å². The van der Waals surface area contributed by atoms with Crippen molar-refractivity contribution in [1.82, 2.24) is 4.98 Å². The molecule has 1 aromatic rings. The van der Waals surface area contributed by atoms with Crippen LogP contribution in [-0.2, 0) is 0 Å². The molecule has 3 nitrogen and oxygen atoms in total. The zero-order valence-electron chi connectivity index (χ0n) is 6.43. The number of hydrogen-bond acceptors (Lipinski definition) is 2. The standard InChI is InChI=1S/C8H8N2O/c1-5-3-6(2)10-8(11)7(5)4-9/h3H,1-2H3,(H,10,11). The maximum absolute atomic E-state index is 11.0. The third-order valence-electron chi connectivity index (χ3n) is 1.48. The quantitative estimate of drug-likeness (QED) is 0.593. The van der Waals surface area contributed by atoms with Crippen LogP contribution in [0, 0.1) is 25.2 Å². The van der Waals surface area contributed by atoms with Gasteiger partial charge in [-0.3, -0.25) is 4.79 Å². The van der Waals surface area contributed by atoms with Crippen LogP contribution in [0.2, 0.25) is 0 Å². The molecule has 0 fully saturated rings. The highest BCUT2D eigenvalue weighted by Gasteiger charge is 2.01. The van der Waals surface area contributed by atoms with E-state index in [0.717, 1.165) is 11.3 Å². The Kier molecular flexibility index (Phi) is 1.77. The van der Waals surface area contributed by atoms with Gasteiger partial charge in [-0.1, -0.05) is 0 Å². The first-order chi connectivity index (χ1) is 5.15. The predicted molar refractivity (Wildman–Crippen MR) is 41.3 cm³/mol. The molecular formula is C8H8N2O. The number of aromatic amines is 1. The van der Waals surface area contributed by atoms with E-state index >= 15 is 0 Å². The second kappa shape index (κ2) is 2.59. The van der Waals surface area contributed by atoms with Crippen molar-refractivity contribution in [2.24, 2.45) is 0 Å². The van der Waals surface area contributed by atoms with Gasteiger partial charge in [-0.25, -0.2) is 0 Å². The summed E-state index contributed by atoms with van der Waals surface area (Å²) in [4.78, 5) is 13.6. The van der Waals surface area contributed by atoms with Crippen LogP contribution in [0.3, 0.4) is 0 Å². The fourth-order valence-electron chi connectivity index (χ4n) is 0.993. The first kappa shape index (κ1) is 7.55. The fourth-order valence-corrected chi connectivity index (χ4v) is 0.993. The lowest BCUT2D eigenvalue weighted by molar-refractivity contribution is 1.10. The first-order valence-corrected chi connectivity index (χ1v) is 3.26. The van der Waals surface area contributed by atoms with Crippen LogP contribution >= 0.6 is 0 Å². The molecule has 3 heteroatoms. The van der Waals surface area contributed by atoms with Crippen LogP contribution in [0.25, 0.3) is 0 Å². The Morgan fingerprint density at radius 3 is 2.64 bits per heavy atom. The molecule has 0 atom stereocenters. The molecule has 1 rings (SSSR count). The molecule has 0 amide bonds. The lowest BCUT2D eigenvalue weighted by Crippen LogP contribution is -2.12. The van der Waals surface area contributed by atoms with Crippen LogP contribution in [-0.4, -0.2) is 4.98 Å². The average Bonchev–Trinajstić information content (AvgIpc) is 1.85. The summed E-state index contributed by atoms with van der Waals surface area (Å²) in [5.41, 5.74) is 1.42. The predicted octanol–water partition coefficient (Wildman–Crippen LogP) is 0.863. The molecule has 0 radical (unpaired) electrons. The van der Waals surface area contributed by atoms with E-state index in [4.69, 9.17) is 5.26 Å². The summed E-state index contributed by atoms with van der Waals surface area (Å²) in [5, 5.41) is 8.52. The van der Waals surface area contributed by atoms with Gasteiger partial charge in [0.1, 0.15) is 11.6 Å². The molecule has 1 aromatic heterocycles. The molecule has 0 aliphatic heterocycles. The summed E-state index contributed by atoms with van der Waals surface area (Å²) < 4.78 is 0. The Morgan fingerprint density at radius 2 is 2.18 bits per heavy atom. The number of hydrogen-bond donors (Lipinski definition) is 1. The molecule has 0 aliphatic rings. The molecule has 0 aliphatic carbocycles. The maximum Gasteiger partial charge on any atom is 0.266 e. The lowest BCUT2D eigenvalue weighted by atomic mass is 10.1. The molecule has 0 bridgehead atoms. The topological polar surface area (TPSA) is 56.6 Å². The van der Waals surface area contributed by atoms with Crippen LogP contribution in [0.4, 0.5) is 0 Å². The highest BCUT2D eigenvalue weighted by Crippen LogP contribution is 2.00. The van der Waals surface area contributed by atoms with Crippen molar-refractivity contribution in [3.05, 3.63) is 33.2 Å². The third-order valence-corrected chi connectivity index (χ3v) is 1.48. The van der Waals surface area contributed by atoms with Crippen molar-refractivity contribution >= 4 is 0 Å². The zero-order chi connectivity index (χ0) is 8.43. The van der Waals surface area contributed by atoms with E-state index < -0.39 is 0 Å². The van der Waals surface area contributed by atoms with E-state index in [-0.39, 0.29) is 11.1 Å². The summed E-state index contributed by atoms with van der Waals surface area (Å²) in [5.74, 6) is 0. The fraction of sp³-hybridized carbons (Fsp3) is 0.250. The molecule has 1 N–H and O–H groups in total. The van der Waals surface area contributed by atoms with Crippen molar-refractivity contribution in [3.8, 4) is 6.07 Å². The Morgan fingerprint density at radius 1 is 1.55 bits per heavy atom. The minimum atomic E-state index is -0.301. The summed E-state index contributed by atoms with van der Waals surface area (Å²) in [6.07, 6.45) is 0. The SMILES string of the molecule is Cc1cc(C)c(C#N)c(=O)[nH]1. The van der Waals surface area contributed by atoms with Crippen molar-refractivity contribution in [1.29, 1.82) is 5.26 Å². The number of rotatable bonds is 0. The second-order valence-electron chi connectivity index (χ2n) is 2.45. The minimum absolute atomic E-state index is 0.204. The normalized spacial score (nSPS) is 9.18. The summed E-state index contributed by atoms with van der Waals surface area (Å²) in [7, 11) is 0. The van der Waals surface area contributed by atoms with Gasteiger partial charge < -0.3 is 4.98 Å². The lowest BCUT2D eigenvalue weighted by Gasteiger charge is -1.96. The Bertz CT molecular complexity index is 371. The van der Waals surface area contributed by atoms with Gasteiger partial charge in [-0.2, -0.15) is 5.26 Å². The smallest absolute Gasteiger partial charge is 0.266 e. The largest absolute Gasteiger partial charge is 0.325 e. The van der Waals surface area contributed by atoms with Gasteiger partial charge >= 0.3 is 0 Å². The van der Waals surface area contributed by atoms with Crippen molar-refractivity contribution < 1.29 is 0 Å². The van der Waals surface area contributed by atoms with E-state index in [1.165, 1.54) is 0 Å². The van der Waals surface area contributed by atoms with Crippen LogP contribution in [0.1, 0.15) is 16.8 Å². The molecule has 11 heavy (non-hydrogen) atoms. The summed E-state index contributed by atoms with van der Waals surface area (Å²) >= 11 is 0. The van der Waals surface area contributed by atoms with Gasteiger partial charge in [-0.05, 0) is 25.5 Å². The molecule has 0 saturated carbocycles. The van der Waals surface area contributed by atoms with Crippen LogP contribution in [0.15, 0.2) is 10.9 Å². The van der Waals surface area contributed by atoms with Crippen molar-refractivity contribution in [2.75, 3.05) is 0 Å². The molecule has 1 heterocycles. The molecule has 0 unspecified atom stereocenters. The number of H-pyrrole nitrogens is 1. The Hall–Kier alpha value is -1.56. The zero-order valence-corrected chi connectivity index (χ0v) is 6.43. The van der Waals surface area contributed by atoms with E-state index in [2.05, 4.69) is 4.98 Å². The molecule has 56 valence electrons. The monoisotopic (exact) mass is 148 g/mol. The van der Waals surface area contributed by atoms with Crippen molar-refractivity contribution in [2.45, 2.75) is 13.8 Å². The number of aryl methyl sites for hydroxylation is 2.